The Hall–Kier alpha value is -6.48. The summed E-state index contributed by atoms with van der Waals surface area (Å²) in [5, 5.41) is 7.64. The Balaban J connectivity index is 0.943. The van der Waals surface area contributed by atoms with Crippen LogP contribution in [0.1, 0.15) is 70.0 Å². The molecule has 340 valence electrons. The minimum Gasteiger partial charge on any atom is -0.488 e. The fourth-order valence-corrected chi connectivity index (χ4v) is 10.2. The molecule has 0 spiro atoms. The van der Waals surface area contributed by atoms with E-state index >= 15 is 0 Å². The molecule has 1 aromatic heterocycles. The zero-order chi connectivity index (χ0) is 45.7. The topological polar surface area (TPSA) is 177 Å². The van der Waals surface area contributed by atoms with Crippen LogP contribution in [0.25, 0.3) is 44.1 Å². The Morgan fingerprint density at radius 2 is 1.54 bits per heavy atom. The number of rotatable bonds is 11. The lowest BCUT2D eigenvalue weighted by molar-refractivity contribution is -0.135. The van der Waals surface area contributed by atoms with Gasteiger partial charge in [0.25, 0.3) is 0 Å². The molecule has 5 heterocycles. The van der Waals surface area contributed by atoms with Crippen molar-refractivity contribution >= 4 is 57.2 Å². The molecule has 5 atom stereocenters. The molecular weight excluding hydrogens is 827 g/mol. The molecule has 9 rings (SSSR count). The van der Waals surface area contributed by atoms with E-state index in [4.69, 9.17) is 28.9 Å². The number of carbonyl (C=O) groups is 4. The first-order valence-electron chi connectivity index (χ1n) is 22.6. The second-order valence-electron chi connectivity index (χ2n) is 18.4. The predicted molar refractivity (Wildman–Crippen MR) is 247 cm³/mol. The minimum atomic E-state index is -0.732. The fourth-order valence-electron chi connectivity index (χ4n) is 10.2. The van der Waals surface area contributed by atoms with Gasteiger partial charge in [-0.15, -0.1) is 0 Å². The molecule has 0 bridgehead atoms. The van der Waals surface area contributed by atoms with Crippen molar-refractivity contribution in [1.29, 1.82) is 0 Å². The largest absolute Gasteiger partial charge is 0.488 e. The third kappa shape index (κ3) is 8.26. The molecule has 4 aliphatic rings. The molecule has 4 aromatic carbocycles. The van der Waals surface area contributed by atoms with E-state index in [2.05, 4.69) is 70.2 Å². The molecule has 4 aliphatic heterocycles. The van der Waals surface area contributed by atoms with Gasteiger partial charge >= 0.3 is 12.2 Å². The van der Waals surface area contributed by atoms with Gasteiger partial charge in [-0.05, 0) is 106 Å². The summed E-state index contributed by atoms with van der Waals surface area (Å²) in [6.45, 7) is 9.69. The van der Waals surface area contributed by atoms with Crippen LogP contribution in [-0.2, 0) is 36.8 Å². The lowest BCUT2D eigenvalue weighted by Gasteiger charge is -2.31. The molecule has 0 aliphatic carbocycles. The number of benzene rings is 4. The normalized spacial score (nSPS) is 19.7. The molecule has 65 heavy (non-hydrogen) atoms. The summed E-state index contributed by atoms with van der Waals surface area (Å²) in [5.41, 5.74) is 9.96. The molecule has 15 nitrogen and oxygen atoms in total. The van der Waals surface area contributed by atoms with Crippen molar-refractivity contribution in [2.24, 2.45) is 22.7 Å². The monoisotopic (exact) mass is 883 g/mol. The quantitative estimate of drug-likeness (QED) is 0.119. The van der Waals surface area contributed by atoms with E-state index in [1.165, 1.54) is 14.2 Å². The van der Waals surface area contributed by atoms with Crippen molar-refractivity contribution in [3.05, 3.63) is 77.6 Å². The van der Waals surface area contributed by atoms with Gasteiger partial charge in [-0.1, -0.05) is 52.0 Å². The van der Waals surface area contributed by atoms with Crippen LogP contribution in [0.2, 0.25) is 0 Å². The fraction of sp³-hybridized carbons (Fsp3) is 0.440. The van der Waals surface area contributed by atoms with Crippen molar-refractivity contribution in [2.75, 3.05) is 41.0 Å². The van der Waals surface area contributed by atoms with E-state index in [1.54, 1.807) is 7.11 Å². The Morgan fingerprint density at radius 3 is 2.25 bits per heavy atom. The first kappa shape index (κ1) is 43.8. The number of nitrogens with one attached hydrogen (secondary N) is 3. The van der Waals surface area contributed by atoms with Crippen LogP contribution in [0.4, 0.5) is 15.3 Å². The van der Waals surface area contributed by atoms with Gasteiger partial charge in [0.1, 0.15) is 30.3 Å². The number of methoxy groups -OCH3 is 3. The molecular formula is C50H57N7O8. The second kappa shape index (κ2) is 17.8. The average Bonchev–Trinajstić information content (AvgIpc) is 4.14. The van der Waals surface area contributed by atoms with Crippen LogP contribution in [0.3, 0.4) is 0 Å². The molecule has 0 saturated carbocycles. The van der Waals surface area contributed by atoms with Crippen molar-refractivity contribution < 1.29 is 38.1 Å². The van der Waals surface area contributed by atoms with E-state index < -0.39 is 24.3 Å². The van der Waals surface area contributed by atoms with Gasteiger partial charge in [-0.2, -0.15) is 0 Å². The Kier molecular flexibility index (Phi) is 12.0. The van der Waals surface area contributed by atoms with E-state index in [-0.39, 0.29) is 41.7 Å². The van der Waals surface area contributed by atoms with Gasteiger partial charge in [0.05, 0.1) is 49.6 Å². The van der Waals surface area contributed by atoms with Gasteiger partial charge < -0.3 is 44.4 Å². The van der Waals surface area contributed by atoms with Crippen molar-refractivity contribution in [1.82, 2.24) is 30.4 Å². The summed E-state index contributed by atoms with van der Waals surface area (Å²) in [5.74, 6) is 1.14. The number of nitrogens with zero attached hydrogens (tertiary/aromatic N) is 4. The zero-order valence-electron chi connectivity index (χ0n) is 38.0. The number of ether oxygens (including phenoxy) is 4. The molecule has 15 heteroatoms. The number of amides is 4. The van der Waals surface area contributed by atoms with Crippen LogP contribution in [0, 0.1) is 17.8 Å². The number of fused-ring (bicyclic) bond motifs is 7. The van der Waals surface area contributed by atoms with Gasteiger partial charge in [-0.3, -0.25) is 14.6 Å². The van der Waals surface area contributed by atoms with Gasteiger partial charge in [0, 0.05) is 43.8 Å². The first-order valence-corrected chi connectivity index (χ1v) is 22.6. The molecule has 4 amide bonds. The van der Waals surface area contributed by atoms with Crippen molar-refractivity contribution in [3.8, 4) is 28.0 Å². The Morgan fingerprint density at radius 1 is 0.831 bits per heavy atom. The lowest BCUT2D eigenvalue weighted by atomic mass is 9.90. The summed E-state index contributed by atoms with van der Waals surface area (Å²) in [4.78, 5) is 69.4. The number of alkyl carbamates (subject to hydrolysis) is 2. The maximum Gasteiger partial charge on any atom is 0.407 e. The average molecular weight is 884 g/mol. The number of hydrogen-bond donors (Lipinski definition) is 3. The maximum atomic E-state index is 14.1. The van der Waals surface area contributed by atoms with Crippen LogP contribution >= 0.6 is 0 Å². The second-order valence-corrected chi connectivity index (χ2v) is 18.4. The third-order valence-corrected chi connectivity index (χ3v) is 13.5. The highest BCUT2D eigenvalue weighted by molar-refractivity contribution is 6.07. The summed E-state index contributed by atoms with van der Waals surface area (Å²) >= 11 is 0. The molecule has 2 fully saturated rings. The maximum absolute atomic E-state index is 14.1. The molecule has 3 N–H and O–H groups in total. The highest BCUT2D eigenvalue weighted by Crippen LogP contribution is 2.45. The van der Waals surface area contributed by atoms with E-state index in [9.17, 15) is 19.2 Å². The van der Waals surface area contributed by atoms with Gasteiger partial charge in [-0.25, -0.2) is 14.6 Å². The first-order chi connectivity index (χ1) is 31.3. The number of aliphatic imine (C=N–C) groups is 1. The summed E-state index contributed by atoms with van der Waals surface area (Å²) in [7, 11) is 4.27. The Labute approximate surface area is 378 Å². The number of aromatic amines is 1. The van der Waals surface area contributed by atoms with Crippen molar-refractivity contribution in [2.45, 2.75) is 84.2 Å². The number of hydrogen-bond acceptors (Lipinski definition) is 10. The molecule has 5 aromatic rings. The van der Waals surface area contributed by atoms with Gasteiger partial charge in [0.15, 0.2) is 0 Å². The van der Waals surface area contributed by atoms with Crippen LogP contribution in [0.5, 0.6) is 5.75 Å². The molecule has 2 saturated heterocycles. The van der Waals surface area contributed by atoms with E-state index in [0.29, 0.717) is 32.7 Å². The SMILES string of the molecule is COC[C@H]1C[C@@H](C2=Nc3ccc4cc5c(cc4c3C2)OCc2cc(-c3ccc4nc([C@@H]6CCCN6C(=O)[C@@H](NC(=O)OC)C(C)C)[nH]c4c3)ccc2-5)N(C(=O)[C@@H](NC(=O)OC)C(C)C)C1. The number of aromatic nitrogens is 2. The van der Waals surface area contributed by atoms with Crippen LogP contribution in [-0.4, -0.2) is 109 Å². The molecule has 0 unspecified atom stereocenters. The smallest absolute Gasteiger partial charge is 0.407 e. The predicted octanol–water partition coefficient (Wildman–Crippen LogP) is 7.86. The number of H-pyrrole nitrogens is 1. The standard InChI is InChI=1S/C50H57N7O8/c1-26(2)44(54-49(60)63-6)47(58)56-16-8-9-41(56)46-52-38-15-11-30(20-39(38)53-46)29-10-13-33-32(18-29)25-65-43-22-34-31(19-36(33)43)12-14-37-35(34)21-40(51-37)42-17-28(24-62-5)23-57(42)48(59)45(27(3)4)55-50(61)64-7/h10-15,18-20,22,26-28,41-42,44-45H,8-9,16-17,21,23-25H2,1-7H3,(H,52,53)(H,54,60)(H,55,61)/t28-,41-,42-,44-,45-/m0/s1. The summed E-state index contributed by atoms with van der Waals surface area (Å²) < 4.78 is 21.7. The molecule has 0 radical (unpaired) electrons. The number of likely N-dealkylation sites (tertiary alicyclic amines) is 2. The summed E-state index contributed by atoms with van der Waals surface area (Å²) in [6.07, 6.45) is 1.68. The third-order valence-electron chi connectivity index (χ3n) is 13.5. The zero-order valence-corrected chi connectivity index (χ0v) is 38.0. The summed E-state index contributed by atoms with van der Waals surface area (Å²) in [6, 6.07) is 19.3. The van der Waals surface area contributed by atoms with Crippen LogP contribution < -0.4 is 15.4 Å². The lowest BCUT2D eigenvalue weighted by Crippen LogP contribution is -2.53. The minimum absolute atomic E-state index is 0.116. The highest BCUT2D eigenvalue weighted by Gasteiger charge is 2.43. The highest BCUT2D eigenvalue weighted by atomic mass is 16.5. The van der Waals surface area contributed by atoms with E-state index in [1.807, 2.05) is 43.6 Å². The number of carbonyl (C=O) groups excluding carboxylic acids is 4. The van der Waals surface area contributed by atoms with E-state index in [0.717, 1.165) is 97.4 Å². The Bertz CT molecular complexity index is 2730. The van der Waals surface area contributed by atoms with Crippen LogP contribution in [0.15, 0.2) is 65.7 Å². The van der Waals surface area contributed by atoms with Gasteiger partial charge in [0.2, 0.25) is 11.8 Å². The number of imidazole rings is 1. The van der Waals surface area contributed by atoms with Crippen molar-refractivity contribution in [3.63, 3.8) is 0 Å².